The molecule has 1 spiro atoms. The first kappa shape index (κ1) is 21.2. The van der Waals surface area contributed by atoms with Crippen LogP contribution in [0.4, 0.5) is 4.39 Å². The third kappa shape index (κ3) is 2.67. The highest BCUT2D eigenvalue weighted by atomic mass is 19.1. The van der Waals surface area contributed by atoms with E-state index in [1.54, 1.807) is 6.92 Å². The lowest BCUT2D eigenvalue weighted by atomic mass is 9.48. The van der Waals surface area contributed by atoms with Crippen molar-refractivity contribution in [1.29, 1.82) is 0 Å². The van der Waals surface area contributed by atoms with Crippen LogP contribution in [0.1, 0.15) is 49.4 Å². The van der Waals surface area contributed by atoms with Gasteiger partial charge in [0.15, 0.2) is 17.8 Å². The largest absolute Gasteiger partial charge is 0.292 e. The first-order valence-electron chi connectivity index (χ1n) is 12.2. The molecular formula is C31H31FN2+2. The summed E-state index contributed by atoms with van der Waals surface area (Å²) in [5.41, 5.74) is 7.96. The summed E-state index contributed by atoms with van der Waals surface area (Å²) < 4.78 is 20.4. The van der Waals surface area contributed by atoms with Crippen LogP contribution < -0.4 is 4.57 Å². The number of halogens is 1. The van der Waals surface area contributed by atoms with Gasteiger partial charge < -0.3 is 0 Å². The van der Waals surface area contributed by atoms with Gasteiger partial charge in [0.1, 0.15) is 11.8 Å². The Kier molecular flexibility index (Phi) is 4.74. The fourth-order valence-electron chi connectivity index (χ4n) is 7.11. The molecule has 5 unspecified atom stereocenters. The molecule has 2 nitrogen and oxygen atoms in total. The first-order chi connectivity index (χ1) is 16.5. The minimum Gasteiger partial charge on any atom is -0.194 e. The van der Waals surface area contributed by atoms with E-state index in [0.717, 1.165) is 17.7 Å². The molecule has 3 heteroatoms. The van der Waals surface area contributed by atoms with Gasteiger partial charge in [0.25, 0.3) is 6.30 Å². The van der Waals surface area contributed by atoms with Gasteiger partial charge in [-0.15, -0.1) is 6.58 Å². The van der Waals surface area contributed by atoms with Crippen LogP contribution >= 0.6 is 0 Å². The van der Waals surface area contributed by atoms with Crippen molar-refractivity contribution in [3.05, 3.63) is 114 Å². The Morgan fingerprint density at radius 2 is 1.74 bits per heavy atom. The molecule has 170 valence electrons. The minimum absolute atomic E-state index is 0.101. The van der Waals surface area contributed by atoms with Crippen molar-refractivity contribution in [1.82, 2.24) is 0 Å². The van der Waals surface area contributed by atoms with E-state index in [0.29, 0.717) is 0 Å². The molecule has 2 aliphatic heterocycles. The quantitative estimate of drug-likeness (QED) is 0.256. The average molecular weight is 451 g/mol. The Morgan fingerprint density at radius 1 is 1.03 bits per heavy atom. The van der Waals surface area contributed by atoms with Gasteiger partial charge in [-0.1, -0.05) is 48.0 Å². The van der Waals surface area contributed by atoms with Gasteiger partial charge in [-0.2, -0.15) is 13.5 Å². The van der Waals surface area contributed by atoms with Gasteiger partial charge in [0, 0.05) is 37.1 Å². The number of rotatable bonds is 3. The highest BCUT2D eigenvalue weighted by molar-refractivity contribution is 6.07. The lowest BCUT2D eigenvalue weighted by molar-refractivity contribution is -0.786. The molecule has 3 aliphatic rings. The number of nitrogens with zero attached hydrogens (tertiary/aromatic N) is 2. The molecule has 0 bridgehead atoms. The van der Waals surface area contributed by atoms with Crippen molar-refractivity contribution in [2.45, 2.75) is 51.0 Å². The molecule has 1 aliphatic carbocycles. The average Bonchev–Trinajstić information content (AvgIpc) is 2.83. The van der Waals surface area contributed by atoms with Crippen molar-refractivity contribution < 1.29 is 13.5 Å². The van der Waals surface area contributed by atoms with E-state index in [1.165, 1.54) is 28.0 Å². The summed E-state index contributed by atoms with van der Waals surface area (Å²) in [4.78, 5) is 0. The third-order valence-corrected chi connectivity index (χ3v) is 8.12. The lowest BCUT2D eigenvalue weighted by Crippen LogP contribution is -2.76. The van der Waals surface area contributed by atoms with E-state index < -0.39 is 11.8 Å². The normalized spacial score (nSPS) is 27.0. The number of allylic oxidation sites excluding steroid dienone is 2. The number of pyridine rings is 1. The maximum absolute atomic E-state index is 15.9. The van der Waals surface area contributed by atoms with Gasteiger partial charge in [-0.25, -0.2) is 0 Å². The Labute approximate surface area is 201 Å². The predicted molar refractivity (Wildman–Crippen MR) is 135 cm³/mol. The summed E-state index contributed by atoms with van der Waals surface area (Å²) >= 11 is 0. The molecule has 3 aromatic rings. The summed E-state index contributed by atoms with van der Waals surface area (Å²) in [6, 6.07) is 23.9. The molecule has 0 N–H and O–H groups in total. The van der Waals surface area contributed by atoms with Crippen LogP contribution in [0.25, 0.3) is 11.3 Å². The molecule has 0 radical (unpaired) electrons. The number of hydrogen-bond donors (Lipinski definition) is 0. The second-order valence-electron chi connectivity index (χ2n) is 10.2. The van der Waals surface area contributed by atoms with Crippen molar-refractivity contribution in [2.75, 3.05) is 0 Å². The standard InChI is InChI=1S/C31H31FN2/c1-5-26-30-29(25-15-9-8-14-24(25)27-16-10-11-17-33(27)30)31(26)19-22-12-6-7-13-23(22)28(18-20(2)3)34(31)21(4)32/h5-18,21,26,29-30H,1,19H2,2-4H3/q+2. The van der Waals surface area contributed by atoms with Crippen LogP contribution in [0.3, 0.4) is 0 Å². The molecule has 1 saturated carbocycles. The van der Waals surface area contributed by atoms with Crippen LogP contribution in [0.5, 0.6) is 0 Å². The predicted octanol–water partition coefficient (Wildman–Crippen LogP) is 6.17. The van der Waals surface area contributed by atoms with E-state index in [1.807, 2.05) is 0 Å². The van der Waals surface area contributed by atoms with Crippen molar-refractivity contribution in [3.8, 4) is 11.3 Å². The summed E-state index contributed by atoms with van der Waals surface area (Å²) in [5.74, 6) is 0.253. The number of fused-ring (bicyclic) bond motifs is 8. The van der Waals surface area contributed by atoms with Crippen molar-refractivity contribution in [2.24, 2.45) is 5.92 Å². The molecule has 2 aromatic carbocycles. The maximum atomic E-state index is 15.9. The minimum atomic E-state index is -1.13. The summed E-state index contributed by atoms with van der Waals surface area (Å²) in [7, 11) is 0. The van der Waals surface area contributed by atoms with Gasteiger partial charge in [-0.3, -0.25) is 0 Å². The molecule has 0 saturated heterocycles. The van der Waals surface area contributed by atoms with E-state index in [9.17, 15) is 0 Å². The Morgan fingerprint density at radius 3 is 2.47 bits per heavy atom. The molecule has 6 rings (SSSR count). The molecule has 34 heavy (non-hydrogen) atoms. The second-order valence-corrected chi connectivity index (χ2v) is 10.2. The van der Waals surface area contributed by atoms with Gasteiger partial charge in [-0.05, 0) is 43.2 Å². The first-order valence-corrected chi connectivity index (χ1v) is 12.2. The third-order valence-electron chi connectivity index (χ3n) is 8.12. The van der Waals surface area contributed by atoms with Crippen LogP contribution in [0.2, 0.25) is 0 Å². The van der Waals surface area contributed by atoms with E-state index in [2.05, 4.69) is 115 Å². The summed E-state index contributed by atoms with van der Waals surface area (Å²) in [6.45, 7) is 10.2. The zero-order chi connectivity index (χ0) is 23.6. The number of alkyl halides is 1. The topological polar surface area (TPSA) is 6.89 Å². The second kappa shape index (κ2) is 7.59. The van der Waals surface area contributed by atoms with Gasteiger partial charge in [0.2, 0.25) is 11.4 Å². The number of hydrogen-bond acceptors (Lipinski definition) is 0. The Balaban J connectivity index is 1.69. The molecular weight excluding hydrogens is 419 g/mol. The lowest BCUT2D eigenvalue weighted by Gasteiger charge is -2.57. The zero-order valence-electron chi connectivity index (χ0n) is 20.1. The van der Waals surface area contributed by atoms with Crippen molar-refractivity contribution in [3.63, 3.8) is 0 Å². The highest BCUT2D eigenvalue weighted by Gasteiger charge is 2.76. The Hall–Kier alpha value is -3.33. The number of benzene rings is 2. The highest BCUT2D eigenvalue weighted by Crippen LogP contribution is 2.64. The Bertz CT molecular complexity index is 1380. The molecule has 5 atom stereocenters. The fourth-order valence-corrected chi connectivity index (χ4v) is 7.11. The van der Waals surface area contributed by atoms with E-state index in [4.69, 9.17) is 0 Å². The summed E-state index contributed by atoms with van der Waals surface area (Å²) in [6.07, 6.45) is 6.11. The number of aromatic nitrogens is 1. The van der Waals surface area contributed by atoms with Crippen molar-refractivity contribution >= 4 is 5.71 Å². The van der Waals surface area contributed by atoms with Gasteiger partial charge in [0.05, 0.1) is 5.56 Å². The van der Waals surface area contributed by atoms with Gasteiger partial charge >= 0.3 is 0 Å². The van der Waals surface area contributed by atoms with Crippen LogP contribution in [0.15, 0.2) is 97.2 Å². The molecule has 0 amide bonds. The van der Waals surface area contributed by atoms with Crippen LogP contribution in [-0.2, 0) is 6.42 Å². The molecule has 1 aromatic heterocycles. The smallest absolute Gasteiger partial charge is 0.194 e. The zero-order valence-corrected chi connectivity index (χ0v) is 20.1. The molecule has 1 fully saturated rings. The SMILES string of the molecule is C=CC1C2C(c3ccccc3-c3cccc[n+]32)C12Cc1ccccc1C(C=C(C)C)=[N+]2C(C)F. The maximum Gasteiger partial charge on any atom is 0.292 e. The summed E-state index contributed by atoms with van der Waals surface area (Å²) in [5, 5.41) is 0. The molecule has 3 heterocycles. The van der Waals surface area contributed by atoms with E-state index >= 15 is 4.39 Å². The fraction of sp³-hybridized carbons (Fsp3) is 0.290. The van der Waals surface area contributed by atoms with E-state index in [-0.39, 0.29) is 17.9 Å². The monoisotopic (exact) mass is 450 g/mol. The van der Waals surface area contributed by atoms with Crippen LogP contribution in [0, 0.1) is 5.92 Å². The van der Waals surface area contributed by atoms with Crippen LogP contribution in [-0.4, -0.2) is 22.1 Å².